The summed E-state index contributed by atoms with van der Waals surface area (Å²) in [4.78, 5) is 4.66. The van der Waals surface area contributed by atoms with Crippen LogP contribution in [0.25, 0.3) is 38.8 Å². The number of aryl methyl sites for hydroxylation is 1. The van der Waals surface area contributed by atoms with Crippen LogP contribution in [0.3, 0.4) is 0 Å². The standard InChI is InChI=1S/C25H20FN3O/c1-3-16-4-6-17(7-5-16)24-22-15-27-23-13-12-20(30-2)14-21(23)25(22)29(28-24)19-10-8-18(26)9-11-19/h4-15H,3H2,1-2H3. The van der Waals surface area contributed by atoms with Crippen LogP contribution >= 0.6 is 0 Å². The molecule has 0 N–H and O–H groups in total. The number of rotatable bonds is 4. The first kappa shape index (κ1) is 18.3. The van der Waals surface area contributed by atoms with Gasteiger partial charge < -0.3 is 4.74 Å². The minimum atomic E-state index is -0.279. The van der Waals surface area contributed by atoms with Crippen molar-refractivity contribution in [2.24, 2.45) is 0 Å². The molecule has 5 rings (SSSR count). The fraction of sp³-hybridized carbons (Fsp3) is 0.120. The molecule has 0 aliphatic rings. The minimum absolute atomic E-state index is 0.279. The predicted molar refractivity (Wildman–Crippen MR) is 118 cm³/mol. The van der Waals surface area contributed by atoms with Crippen LogP contribution < -0.4 is 4.74 Å². The van der Waals surface area contributed by atoms with Gasteiger partial charge in [0.1, 0.15) is 17.3 Å². The highest BCUT2D eigenvalue weighted by molar-refractivity contribution is 6.09. The van der Waals surface area contributed by atoms with Crippen LogP contribution in [0, 0.1) is 5.82 Å². The first-order valence-electron chi connectivity index (χ1n) is 9.88. The van der Waals surface area contributed by atoms with Crippen LogP contribution in [-0.4, -0.2) is 21.9 Å². The third kappa shape index (κ3) is 2.99. The first-order valence-corrected chi connectivity index (χ1v) is 9.88. The second-order valence-corrected chi connectivity index (χ2v) is 7.19. The summed E-state index contributed by atoms with van der Waals surface area (Å²) in [5, 5.41) is 6.80. The number of methoxy groups -OCH3 is 1. The van der Waals surface area contributed by atoms with Gasteiger partial charge in [0.15, 0.2) is 0 Å². The summed E-state index contributed by atoms with van der Waals surface area (Å²) < 4.78 is 20.9. The van der Waals surface area contributed by atoms with E-state index in [1.165, 1.54) is 17.7 Å². The Bertz CT molecular complexity index is 1360. The van der Waals surface area contributed by atoms with E-state index in [9.17, 15) is 4.39 Å². The Labute approximate surface area is 173 Å². The molecule has 0 spiro atoms. The second-order valence-electron chi connectivity index (χ2n) is 7.19. The molecule has 148 valence electrons. The zero-order chi connectivity index (χ0) is 20.7. The lowest BCUT2D eigenvalue weighted by molar-refractivity contribution is 0.415. The van der Waals surface area contributed by atoms with Crippen molar-refractivity contribution in [1.82, 2.24) is 14.8 Å². The Morgan fingerprint density at radius 2 is 1.70 bits per heavy atom. The number of nitrogens with zero attached hydrogens (tertiary/aromatic N) is 3. The third-order valence-electron chi connectivity index (χ3n) is 5.42. The number of ether oxygens (including phenoxy) is 1. The molecule has 30 heavy (non-hydrogen) atoms. The summed E-state index contributed by atoms with van der Waals surface area (Å²) in [6.45, 7) is 2.14. The van der Waals surface area contributed by atoms with Gasteiger partial charge in [0, 0.05) is 22.5 Å². The Kier molecular flexibility index (Phi) is 4.43. The zero-order valence-electron chi connectivity index (χ0n) is 16.8. The van der Waals surface area contributed by atoms with Gasteiger partial charge >= 0.3 is 0 Å². The molecular weight excluding hydrogens is 377 g/mol. The Morgan fingerprint density at radius 3 is 2.40 bits per heavy atom. The summed E-state index contributed by atoms with van der Waals surface area (Å²) in [6.07, 6.45) is 2.84. The van der Waals surface area contributed by atoms with E-state index in [-0.39, 0.29) is 5.82 Å². The van der Waals surface area contributed by atoms with Gasteiger partial charge in [-0.2, -0.15) is 5.10 Å². The fourth-order valence-electron chi connectivity index (χ4n) is 3.77. The Hall–Kier alpha value is -3.73. The molecule has 0 saturated heterocycles. The van der Waals surface area contributed by atoms with E-state index in [1.54, 1.807) is 19.2 Å². The van der Waals surface area contributed by atoms with Crippen LogP contribution in [-0.2, 0) is 6.42 Å². The highest BCUT2D eigenvalue weighted by atomic mass is 19.1. The summed E-state index contributed by atoms with van der Waals surface area (Å²) in [5.74, 6) is 0.469. The molecule has 0 fully saturated rings. The highest BCUT2D eigenvalue weighted by Crippen LogP contribution is 2.35. The van der Waals surface area contributed by atoms with E-state index in [0.717, 1.165) is 50.9 Å². The highest BCUT2D eigenvalue weighted by Gasteiger charge is 2.17. The van der Waals surface area contributed by atoms with Gasteiger partial charge in [-0.05, 0) is 54.4 Å². The number of benzene rings is 3. The van der Waals surface area contributed by atoms with Crippen LogP contribution in [0.15, 0.2) is 72.9 Å². The van der Waals surface area contributed by atoms with E-state index in [2.05, 4.69) is 36.2 Å². The largest absolute Gasteiger partial charge is 0.497 e. The number of aromatic nitrogens is 3. The third-order valence-corrected chi connectivity index (χ3v) is 5.42. The zero-order valence-corrected chi connectivity index (χ0v) is 16.8. The summed E-state index contributed by atoms with van der Waals surface area (Å²) in [6, 6.07) is 20.6. The molecule has 3 aromatic carbocycles. The average molecular weight is 397 g/mol. The number of fused-ring (bicyclic) bond motifs is 3. The number of hydrogen-bond donors (Lipinski definition) is 0. The molecule has 0 aliphatic carbocycles. The van der Waals surface area contributed by atoms with Gasteiger partial charge in [0.05, 0.1) is 23.8 Å². The molecule has 0 unspecified atom stereocenters. The van der Waals surface area contributed by atoms with Crippen LogP contribution in [0.5, 0.6) is 5.75 Å². The van der Waals surface area contributed by atoms with E-state index < -0.39 is 0 Å². The Balaban J connectivity index is 1.85. The van der Waals surface area contributed by atoms with Crippen LogP contribution in [0.1, 0.15) is 12.5 Å². The quantitative estimate of drug-likeness (QED) is 0.376. The maximum absolute atomic E-state index is 13.6. The van der Waals surface area contributed by atoms with Crippen molar-refractivity contribution in [2.45, 2.75) is 13.3 Å². The van der Waals surface area contributed by atoms with Crippen LogP contribution in [0.2, 0.25) is 0 Å². The van der Waals surface area contributed by atoms with Crippen molar-refractivity contribution >= 4 is 21.8 Å². The maximum atomic E-state index is 13.6. The van der Waals surface area contributed by atoms with Crippen molar-refractivity contribution < 1.29 is 9.13 Å². The number of halogens is 1. The predicted octanol–water partition coefficient (Wildman–Crippen LogP) is 5.95. The van der Waals surface area contributed by atoms with Gasteiger partial charge in [0.25, 0.3) is 0 Å². The van der Waals surface area contributed by atoms with Crippen molar-refractivity contribution in [3.05, 3.63) is 84.3 Å². The molecule has 0 bridgehead atoms. The van der Waals surface area contributed by atoms with Gasteiger partial charge in [-0.25, -0.2) is 9.07 Å². The molecule has 5 aromatic rings. The van der Waals surface area contributed by atoms with Gasteiger partial charge in [-0.3, -0.25) is 4.98 Å². The van der Waals surface area contributed by atoms with Crippen molar-refractivity contribution in [1.29, 1.82) is 0 Å². The molecule has 0 amide bonds. The second kappa shape index (κ2) is 7.26. The number of hydrogen-bond acceptors (Lipinski definition) is 3. The lowest BCUT2D eigenvalue weighted by Gasteiger charge is -2.07. The monoisotopic (exact) mass is 397 g/mol. The topological polar surface area (TPSA) is 39.9 Å². The Morgan fingerprint density at radius 1 is 0.933 bits per heavy atom. The number of pyridine rings is 1. The maximum Gasteiger partial charge on any atom is 0.123 e. The van der Waals surface area contributed by atoms with Gasteiger partial charge in [-0.1, -0.05) is 31.2 Å². The molecule has 0 saturated carbocycles. The lowest BCUT2D eigenvalue weighted by Crippen LogP contribution is -1.97. The molecule has 4 nitrogen and oxygen atoms in total. The van der Waals surface area contributed by atoms with Crippen LogP contribution in [0.4, 0.5) is 4.39 Å². The van der Waals surface area contributed by atoms with E-state index in [0.29, 0.717) is 0 Å². The molecule has 0 aliphatic heterocycles. The normalized spacial score (nSPS) is 11.3. The van der Waals surface area contributed by atoms with E-state index >= 15 is 0 Å². The summed E-state index contributed by atoms with van der Waals surface area (Å²) in [5.41, 5.74) is 5.68. The fourth-order valence-corrected chi connectivity index (χ4v) is 3.77. The molecule has 0 radical (unpaired) electrons. The molecular formula is C25H20FN3O. The summed E-state index contributed by atoms with van der Waals surface area (Å²) in [7, 11) is 1.65. The average Bonchev–Trinajstić information content (AvgIpc) is 3.19. The first-order chi connectivity index (χ1) is 14.7. The van der Waals surface area contributed by atoms with Crippen molar-refractivity contribution in [3.63, 3.8) is 0 Å². The molecule has 2 heterocycles. The van der Waals surface area contributed by atoms with E-state index in [1.807, 2.05) is 29.1 Å². The van der Waals surface area contributed by atoms with E-state index in [4.69, 9.17) is 9.84 Å². The molecule has 2 aromatic heterocycles. The smallest absolute Gasteiger partial charge is 0.123 e. The van der Waals surface area contributed by atoms with Gasteiger partial charge in [0.2, 0.25) is 0 Å². The minimum Gasteiger partial charge on any atom is -0.497 e. The lowest BCUT2D eigenvalue weighted by atomic mass is 10.0. The molecule has 5 heteroatoms. The SMILES string of the molecule is CCc1ccc(-c2nn(-c3ccc(F)cc3)c3c2cnc2ccc(OC)cc23)cc1. The van der Waals surface area contributed by atoms with Crippen molar-refractivity contribution in [2.75, 3.05) is 7.11 Å². The van der Waals surface area contributed by atoms with Crippen molar-refractivity contribution in [3.8, 4) is 22.7 Å². The van der Waals surface area contributed by atoms with Gasteiger partial charge in [-0.15, -0.1) is 0 Å². The summed E-state index contributed by atoms with van der Waals surface area (Å²) >= 11 is 0. The molecule has 0 atom stereocenters.